The minimum atomic E-state index is -0.0352. The minimum Gasteiger partial charge on any atom is -0.354 e. The van der Waals surface area contributed by atoms with Crippen molar-refractivity contribution in [1.29, 1.82) is 0 Å². The molecule has 0 spiro atoms. The molecule has 1 aromatic rings. The number of aromatic nitrogens is 1. The highest BCUT2D eigenvalue weighted by Crippen LogP contribution is 2.07. The van der Waals surface area contributed by atoms with Gasteiger partial charge in [-0.1, -0.05) is 0 Å². The van der Waals surface area contributed by atoms with Gasteiger partial charge in [-0.05, 0) is 19.1 Å². The Balaban J connectivity index is 2.11. The van der Waals surface area contributed by atoms with Gasteiger partial charge >= 0.3 is 0 Å². The predicted octanol–water partition coefficient (Wildman–Crippen LogP) is 0.352. The highest BCUT2D eigenvalue weighted by Gasteiger charge is 2.19. The molecule has 1 fully saturated rings. The quantitative estimate of drug-likeness (QED) is 0.761. The summed E-state index contributed by atoms with van der Waals surface area (Å²) in [5.41, 5.74) is 1.45. The van der Waals surface area contributed by atoms with Gasteiger partial charge < -0.3 is 10.2 Å². The maximum atomic E-state index is 12.2. The third-order valence-corrected chi connectivity index (χ3v) is 2.74. The summed E-state index contributed by atoms with van der Waals surface area (Å²) in [5, 5.41) is 2.75. The van der Waals surface area contributed by atoms with Crippen LogP contribution in [0.25, 0.3) is 0 Å². The van der Waals surface area contributed by atoms with E-state index in [1.165, 1.54) is 0 Å². The van der Waals surface area contributed by atoms with Crippen LogP contribution >= 0.6 is 0 Å². The molecule has 1 aliphatic heterocycles. The lowest BCUT2D eigenvalue weighted by Gasteiger charge is -2.19. The number of rotatable bonds is 1. The molecule has 0 unspecified atom stereocenters. The number of nitrogens with one attached hydrogen (secondary N) is 1. The van der Waals surface area contributed by atoms with Crippen LogP contribution in [0.2, 0.25) is 0 Å². The van der Waals surface area contributed by atoms with E-state index in [4.69, 9.17) is 0 Å². The fraction of sp³-hybridized carbons (Fsp3) is 0.417. The fourth-order valence-corrected chi connectivity index (χ4v) is 1.83. The summed E-state index contributed by atoms with van der Waals surface area (Å²) in [6.45, 7) is 3.41. The maximum Gasteiger partial charge on any atom is 0.254 e. The van der Waals surface area contributed by atoms with Crippen LogP contribution in [0.15, 0.2) is 18.3 Å². The third kappa shape index (κ3) is 2.81. The molecule has 5 heteroatoms. The van der Waals surface area contributed by atoms with Gasteiger partial charge in [0.15, 0.2) is 0 Å². The van der Waals surface area contributed by atoms with Gasteiger partial charge in [0.25, 0.3) is 5.91 Å². The Kier molecular flexibility index (Phi) is 3.37. The number of carbonyl (C=O) groups is 2. The number of hydrogen-bond acceptors (Lipinski definition) is 3. The van der Waals surface area contributed by atoms with E-state index in [1.54, 1.807) is 23.2 Å². The Morgan fingerprint density at radius 2 is 2.29 bits per heavy atom. The van der Waals surface area contributed by atoms with Crippen LogP contribution < -0.4 is 5.32 Å². The van der Waals surface area contributed by atoms with E-state index < -0.39 is 0 Å². The maximum absolute atomic E-state index is 12.2. The topological polar surface area (TPSA) is 62.3 Å². The van der Waals surface area contributed by atoms with Crippen LogP contribution in [0, 0.1) is 6.92 Å². The average Bonchev–Trinajstić information content (AvgIpc) is 2.53. The summed E-state index contributed by atoms with van der Waals surface area (Å²) in [4.78, 5) is 29.1. The lowest BCUT2D eigenvalue weighted by Crippen LogP contribution is -2.34. The second kappa shape index (κ2) is 4.95. The van der Waals surface area contributed by atoms with E-state index in [1.807, 2.05) is 6.92 Å². The van der Waals surface area contributed by atoms with Gasteiger partial charge in [-0.3, -0.25) is 14.6 Å². The zero-order valence-corrected chi connectivity index (χ0v) is 9.77. The number of aryl methyl sites for hydroxylation is 1. The van der Waals surface area contributed by atoms with Crippen molar-refractivity contribution < 1.29 is 9.59 Å². The number of nitrogens with zero attached hydrogens (tertiary/aromatic N) is 2. The van der Waals surface area contributed by atoms with Crippen LogP contribution in [0.5, 0.6) is 0 Å². The molecule has 5 nitrogen and oxygen atoms in total. The van der Waals surface area contributed by atoms with Gasteiger partial charge in [-0.2, -0.15) is 0 Å². The van der Waals surface area contributed by atoms with Gasteiger partial charge in [-0.25, -0.2) is 0 Å². The zero-order chi connectivity index (χ0) is 12.3. The molecule has 17 heavy (non-hydrogen) atoms. The van der Waals surface area contributed by atoms with E-state index in [0.717, 1.165) is 5.69 Å². The Morgan fingerprint density at radius 3 is 3.06 bits per heavy atom. The van der Waals surface area contributed by atoms with Gasteiger partial charge in [-0.15, -0.1) is 0 Å². The van der Waals surface area contributed by atoms with E-state index in [2.05, 4.69) is 10.3 Å². The molecule has 0 bridgehead atoms. The molecule has 1 N–H and O–H groups in total. The van der Waals surface area contributed by atoms with Crippen molar-refractivity contribution >= 4 is 11.8 Å². The summed E-state index contributed by atoms with van der Waals surface area (Å²) >= 11 is 0. The summed E-state index contributed by atoms with van der Waals surface area (Å²) in [6, 6.07) is 3.47. The average molecular weight is 233 g/mol. The molecule has 2 amide bonds. The third-order valence-electron chi connectivity index (χ3n) is 2.74. The fourth-order valence-electron chi connectivity index (χ4n) is 1.83. The minimum absolute atomic E-state index is 0.00575. The van der Waals surface area contributed by atoms with Crippen molar-refractivity contribution in [2.75, 3.05) is 19.6 Å². The monoisotopic (exact) mass is 233 g/mol. The first-order valence-corrected chi connectivity index (χ1v) is 5.65. The van der Waals surface area contributed by atoms with E-state index in [-0.39, 0.29) is 11.8 Å². The van der Waals surface area contributed by atoms with Crippen molar-refractivity contribution in [3.8, 4) is 0 Å². The van der Waals surface area contributed by atoms with E-state index in [9.17, 15) is 9.59 Å². The molecule has 0 atom stereocenters. The van der Waals surface area contributed by atoms with Gasteiger partial charge in [0, 0.05) is 43.5 Å². The molecule has 2 heterocycles. The van der Waals surface area contributed by atoms with Gasteiger partial charge in [0.1, 0.15) is 0 Å². The van der Waals surface area contributed by atoms with Gasteiger partial charge in [0.05, 0.1) is 0 Å². The highest BCUT2D eigenvalue weighted by molar-refractivity contribution is 5.94. The largest absolute Gasteiger partial charge is 0.354 e. The predicted molar refractivity (Wildman–Crippen MR) is 62.5 cm³/mol. The molecule has 0 aromatic carbocycles. The zero-order valence-electron chi connectivity index (χ0n) is 9.77. The first kappa shape index (κ1) is 11.6. The second-order valence-electron chi connectivity index (χ2n) is 4.08. The first-order chi connectivity index (χ1) is 8.16. The molecule has 0 saturated carbocycles. The number of hydrogen-bond donors (Lipinski definition) is 1. The van der Waals surface area contributed by atoms with Crippen LogP contribution in [-0.2, 0) is 4.79 Å². The summed E-state index contributed by atoms with van der Waals surface area (Å²) in [5.74, 6) is -0.0294. The smallest absolute Gasteiger partial charge is 0.254 e. The molecular weight excluding hydrogens is 218 g/mol. The number of pyridine rings is 1. The number of carbonyl (C=O) groups excluding carboxylic acids is 2. The summed E-state index contributed by atoms with van der Waals surface area (Å²) in [7, 11) is 0. The molecule has 1 aliphatic rings. The van der Waals surface area contributed by atoms with Crippen molar-refractivity contribution in [2.24, 2.45) is 0 Å². The number of amides is 2. The summed E-state index contributed by atoms with van der Waals surface area (Å²) in [6.07, 6.45) is 2.00. The second-order valence-corrected chi connectivity index (χ2v) is 4.08. The van der Waals surface area contributed by atoms with Crippen LogP contribution in [-0.4, -0.2) is 41.3 Å². The lowest BCUT2D eigenvalue weighted by atomic mass is 10.2. The Bertz CT molecular complexity index is 445. The molecule has 1 saturated heterocycles. The first-order valence-electron chi connectivity index (χ1n) is 5.65. The van der Waals surface area contributed by atoms with Crippen molar-refractivity contribution in [3.05, 3.63) is 29.6 Å². The van der Waals surface area contributed by atoms with Crippen molar-refractivity contribution in [3.63, 3.8) is 0 Å². The molecular formula is C12H15N3O2. The summed E-state index contributed by atoms with van der Waals surface area (Å²) < 4.78 is 0. The molecule has 0 radical (unpaired) electrons. The molecule has 0 aliphatic carbocycles. The van der Waals surface area contributed by atoms with Crippen LogP contribution in [0.4, 0.5) is 0 Å². The standard InChI is InChI=1S/C12H15N3O2/c1-9-8-10(2-4-13-9)12(17)15-6-3-11(16)14-5-7-15/h2,4,8H,3,5-7H2,1H3,(H,14,16). The van der Waals surface area contributed by atoms with Gasteiger partial charge in [0.2, 0.25) is 5.91 Å². The molecule has 2 rings (SSSR count). The SMILES string of the molecule is Cc1cc(C(=O)N2CCNC(=O)CC2)ccn1. The lowest BCUT2D eigenvalue weighted by molar-refractivity contribution is -0.120. The normalized spacial score (nSPS) is 16.3. The Hall–Kier alpha value is -1.91. The Morgan fingerprint density at radius 1 is 1.47 bits per heavy atom. The molecule has 1 aromatic heterocycles. The van der Waals surface area contributed by atoms with Crippen LogP contribution in [0.1, 0.15) is 22.5 Å². The van der Waals surface area contributed by atoms with Crippen molar-refractivity contribution in [1.82, 2.24) is 15.2 Å². The van der Waals surface area contributed by atoms with Crippen LogP contribution in [0.3, 0.4) is 0 Å². The van der Waals surface area contributed by atoms with E-state index in [0.29, 0.717) is 31.6 Å². The Labute approximate surface area is 99.8 Å². The molecule has 90 valence electrons. The highest BCUT2D eigenvalue weighted by atomic mass is 16.2. The van der Waals surface area contributed by atoms with E-state index >= 15 is 0 Å². The van der Waals surface area contributed by atoms with Crippen molar-refractivity contribution in [2.45, 2.75) is 13.3 Å².